The molecular weight excluding hydrogens is 667 g/mol. The van der Waals surface area contributed by atoms with Crippen molar-refractivity contribution in [2.24, 2.45) is 23.7 Å². The molecular formula is C43H53N5O5. The van der Waals surface area contributed by atoms with E-state index in [0.29, 0.717) is 13.2 Å². The molecule has 4 bridgehead atoms. The van der Waals surface area contributed by atoms with Crippen molar-refractivity contribution in [3.8, 4) is 0 Å². The van der Waals surface area contributed by atoms with Gasteiger partial charge in [-0.2, -0.15) is 0 Å². The molecule has 10 heteroatoms. The second-order valence-corrected chi connectivity index (χ2v) is 17.0. The van der Waals surface area contributed by atoms with E-state index in [-0.39, 0.29) is 42.2 Å². The number of amides is 3. The predicted molar refractivity (Wildman–Crippen MR) is 203 cm³/mol. The Balaban J connectivity index is 0.908. The number of urea groups is 1. The van der Waals surface area contributed by atoms with Gasteiger partial charge in [0.1, 0.15) is 5.54 Å². The number of aliphatic hydroxyl groups excluding tert-OH is 1. The quantitative estimate of drug-likeness (QED) is 0.211. The molecule has 3 aromatic rings. The molecule has 3 aromatic carbocycles. The summed E-state index contributed by atoms with van der Waals surface area (Å²) >= 11 is 0. The molecule has 3 saturated heterocycles. The number of hydrogen-bond donors (Lipinski definition) is 4. The van der Waals surface area contributed by atoms with Gasteiger partial charge in [0.05, 0.1) is 25.5 Å². The number of carbonyl (C=O) groups excluding carboxylic acids is 2. The molecule has 4 N–H and O–H groups in total. The van der Waals surface area contributed by atoms with E-state index >= 15 is 0 Å². The maximum absolute atomic E-state index is 13.5. The lowest BCUT2D eigenvalue weighted by atomic mass is 9.53. The Morgan fingerprint density at radius 1 is 0.887 bits per heavy atom. The highest BCUT2D eigenvalue weighted by molar-refractivity contribution is 5.93. The average Bonchev–Trinajstić information content (AvgIpc) is 3.47. The first-order valence-electron chi connectivity index (χ1n) is 19.8. The van der Waals surface area contributed by atoms with Crippen LogP contribution in [0.5, 0.6) is 0 Å². The van der Waals surface area contributed by atoms with Gasteiger partial charge in [0.25, 0.3) is 0 Å². The first-order chi connectivity index (χ1) is 25.8. The fourth-order valence-electron chi connectivity index (χ4n) is 11.2. The Bertz CT molecular complexity index is 1760. The van der Waals surface area contributed by atoms with Crippen molar-refractivity contribution in [1.29, 1.82) is 0 Å². The number of ether oxygens (including phenoxy) is 2. The van der Waals surface area contributed by atoms with E-state index in [1.165, 1.54) is 19.3 Å². The molecule has 4 saturated carbocycles. The zero-order valence-corrected chi connectivity index (χ0v) is 30.7. The summed E-state index contributed by atoms with van der Waals surface area (Å²) in [6.45, 7) is 4.97. The lowest BCUT2D eigenvalue weighted by molar-refractivity contribution is -0.276. The third-order valence-corrected chi connectivity index (χ3v) is 13.5. The largest absolute Gasteiger partial charge is 0.392 e. The highest BCUT2D eigenvalue weighted by Gasteiger charge is 2.52. The van der Waals surface area contributed by atoms with Crippen molar-refractivity contribution >= 4 is 23.3 Å². The number of hydrogen-bond acceptors (Lipinski definition) is 7. The van der Waals surface area contributed by atoms with E-state index in [0.717, 1.165) is 91.0 Å². The Kier molecular flexibility index (Phi) is 9.21. The number of benzene rings is 3. The molecule has 7 fully saturated rings. The van der Waals surface area contributed by atoms with Gasteiger partial charge < -0.3 is 40.3 Å². The minimum atomic E-state index is -0.642. The summed E-state index contributed by atoms with van der Waals surface area (Å²) in [7, 11) is 0. The molecule has 4 aliphatic carbocycles. The molecule has 1 spiro atoms. The monoisotopic (exact) mass is 719 g/mol. The SMILES string of the molecule is C[C@@H]1[C@H](CN2CCC3(CC2)C(=O)NCN3c2ccccc2)O[C@H](c2cccc(NC(=O)NC34CC5CC(CC(C5)C3)C4)c2)O[C@@H]1c1ccc(CO)cc1. The van der Waals surface area contributed by atoms with Crippen LogP contribution in [0.3, 0.4) is 0 Å². The van der Waals surface area contributed by atoms with Crippen LogP contribution in [0.25, 0.3) is 0 Å². The number of nitrogens with one attached hydrogen (secondary N) is 3. The van der Waals surface area contributed by atoms with E-state index in [9.17, 15) is 14.7 Å². The Hall–Kier alpha value is -3.96. The fourth-order valence-corrected chi connectivity index (χ4v) is 11.2. The van der Waals surface area contributed by atoms with E-state index < -0.39 is 11.8 Å². The Morgan fingerprint density at radius 3 is 2.26 bits per heavy atom. The number of rotatable bonds is 8. The molecule has 0 aromatic heterocycles. The van der Waals surface area contributed by atoms with Crippen molar-refractivity contribution in [3.63, 3.8) is 0 Å². The van der Waals surface area contributed by atoms with Crippen LogP contribution < -0.4 is 20.9 Å². The summed E-state index contributed by atoms with van der Waals surface area (Å²) < 4.78 is 13.6. The number of nitrogens with zero attached hydrogens (tertiary/aromatic N) is 2. The van der Waals surface area contributed by atoms with Crippen LogP contribution in [0.15, 0.2) is 78.9 Å². The van der Waals surface area contributed by atoms with E-state index in [1.807, 2.05) is 66.7 Å². The van der Waals surface area contributed by atoms with Crippen molar-refractivity contribution in [3.05, 3.63) is 95.6 Å². The minimum Gasteiger partial charge on any atom is -0.392 e. The third-order valence-electron chi connectivity index (χ3n) is 13.5. The van der Waals surface area contributed by atoms with Gasteiger partial charge in [0.2, 0.25) is 5.91 Å². The highest BCUT2D eigenvalue weighted by atomic mass is 16.7. The molecule has 280 valence electrons. The smallest absolute Gasteiger partial charge is 0.319 e. The zero-order valence-electron chi connectivity index (χ0n) is 30.7. The van der Waals surface area contributed by atoms with Crippen molar-refractivity contribution in [1.82, 2.24) is 15.5 Å². The normalized spacial score (nSPS) is 33.2. The first kappa shape index (κ1) is 34.8. The second kappa shape index (κ2) is 14.0. The van der Waals surface area contributed by atoms with E-state index in [2.05, 4.69) is 44.8 Å². The Morgan fingerprint density at radius 2 is 1.58 bits per heavy atom. The van der Waals surface area contributed by atoms with Gasteiger partial charge in [-0.15, -0.1) is 0 Å². The molecule has 4 atom stereocenters. The molecule has 10 rings (SSSR count). The summed E-state index contributed by atoms with van der Waals surface area (Å²) in [6.07, 6.45) is 7.75. The molecule has 53 heavy (non-hydrogen) atoms. The number of aliphatic hydroxyl groups is 1. The van der Waals surface area contributed by atoms with Crippen LogP contribution in [-0.4, -0.2) is 65.4 Å². The fraction of sp³-hybridized carbons (Fsp3) is 0.535. The van der Waals surface area contributed by atoms with E-state index in [4.69, 9.17) is 9.47 Å². The van der Waals surface area contributed by atoms with Crippen LogP contribution in [0, 0.1) is 23.7 Å². The number of anilines is 2. The van der Waals surface area contributed by atoms with Gasteiger partial charge in [-0.05, 0) is 105 Å². The van der Waals surface area contributed by atoms with Crippen LogP contribution in [0.1, 0.15) is 87.4 Å². The standard InChI is InChI=1S/C43H53N5O5/c1-28-37(25-47-16-14-43(15-17-47)40(50)44-27-48(43)36-8-3-2-4-9-36)52-39(53-38(28)33-12-10-29(26-49)11-13-33)34-6-5-7-35(21-34)45-41(51)46-42-22-30-18-31(23-42)20-32(19-30)24-42/h2-13,21,28,30-32,37-39,49H,14-20,22-27H2,1H3,(H,44,50)(H2,45,46,51)/t28-,30?,31?,32?,37+,38+,39+,42?/m1/s1. The van der Waals surface area contributed by atoms with Gasteiger partial charge >= 0.3 is 6.03 Å². The Labute approximate surface area is 312 Å². The highest BCUT2D eigenvalue weighted by Crippen LogP contribution is 2.55. The maximum atomic E-state index is 13.5. The number of carbonyl (C=O) groups is 2. The van der Waals surface area contributed by atoms with Crippen LogP contribution in [0.2, 0.25) is 0 Å². The molecule has 3 heterocycles. The molecule has 3 amide bonds. The zero-order chi connectivity index (χ0) is 36.2. The van der Waals surface area contributed by atoms with Crippen LogP contribution in [0.4, 0.5) is 16.2 Å². The molecule has 3 aliphatic heterocycles. The third kappa shape index (κ3) is 6.73. The summed E-state index contributed by atoms with van der Waals surface area (Å²) in [5, 5.41) is 19.4. The number of likely N-dealkylation sites (tertiary alicyclic amines) is 1. The molecule has 10 nitrogen and oxygen atoms in total. The predicted octanol–water partition coefficient (Wildman–Crippen LogP) is 6.49. The second-order valence-electron chi connectivity index (χ2n) is 17.0. The lowest BCUT2D eigenvalue weighted by Gasteiger charge is -2.56. The van der Waals surface area contributed by atoms with Crippen LogP contribution in [-0.2, 0) is 20.9 Å². The molecule has 0 radical (unpaired) electrons. The molecule has 0 unspecified atom stereocenters. The lowest BCUT2D eigenvalue weighted by Crippen LogP contribution is -2.60. The first-order valence-corrected chi connectivity index (χ1v) is 19.8. The average molecular weight is 720 g/mol. The van der Waals surface area contributed by atoms with Gasteiger partial charge in [-0.1, -0.05) is 61.5 Å². The van der Waals surface area contributed by atoms with Crippen molar-refractivity contribution in [2.75, 3.05) is 36.5 Å². The summed E-state index contributed by atoms with van der Waals surface area (Å²) in [5.74, 6) is 2.41. The van der Waals surface area contributed by atoms with Crippen molar-refractivity contribution < 1.29 is 24.2 Å². The summed E-state index contributed by atoms with van der Waals surface area (Å²) in [6, 6.07) is 25.9. The van der Waals surface area contributed by atoms with Crippen LogP contribution >= 0.6 is 0 Å². The van der Waals surface area contributed by atoms with Crippen molar-refractivity contribution in [2.45, 2.75) is 94.5 Å². The van der Waals surface area contributed by atoms with Gasteiger partial charge in [0.15, 0.2) is 6.29 Å². The van der Waals surface area contributed by atoms with Gasteiger partial charge in [-0.3, -0.25) is 4.79 Å². The summed E-state index contributed by atoms with van der Waals surface area (Å²) in [4.78, 5) is 31.5. The van der Waals surface area contributed by atoms with Gasteiger partial charge in [0, 0.05) is 48.0 Å². The topological polar surface area (TPSA) is 115 Å². The van der Waals surface area contributed by atoms with Gasteiger partial charge in [-0.25, -0.2) is 4.79 Å². The minimum absolute atomic E-state index is 0.0118. The number of piperidine rings is 1. The summed E-state index contributed by atoms with van der Waals surface area (Å²) in [5.41, 5.74) is 3.92. The van der Waals surface area contributed by atoms with E-state index in [1.54, 1.807) is 0 Å². The molecule has 7 aliphatic rings. The maximum Gasteiger partial charge on any atom is 0.319 e. The number of para-hydroxylation sites is 1.